The number of fused-ring (bicyclic) bond motifs is 1. The van der Waals surface area contributed by atoms with Crippen LogP contribution in [0.2, 0.25) is 0 Å². The maximum absolute atomic E-state index is 13.4. The predicted octanol–water partition coefficient (Wildman–Crippen LogP) is 3.06. The standard InChI is InChI=1S/C26H28N2O4/c1-32-21-14-12-19(13-15-21)24(30)18-27-26(20-8-3-2-4-9-20)23-11-6-5-10-22(23)25(31)28(26)16-7-17-29/h2-6,8-15,24,27,29-30H,7,16-18H2,1H3/t24-,26?/m1/s1. The van der Waals surface area contributed by atoms with Gasteiger partial charge in [0.25, 0.3) is 5.91 Å². The van der Waals surface area contributed by atoms with Crippen molar-refractivity contribution in [2.75, 3.05) is 26.8 Å². The quantitative estimate of drug-likeness (QED) is 0.484. The summed E-state index contributed by atoms with van der Waals surface area (Å²) in [7, 11) is 1.60. The minimum atomic E-state index is -0.947. The predicted molar refractivity (Wildman–Crippen MR) is 122 cm³/mol. The van der Waals surface area contributed by atoms with Gasteiger partial charge in [0.2, 0.25) is 0 Å². The van der Waals surface area contributed by atoms with Crippen LogP contribution in [0.3, 0.4) is 0 Å². The lowest BCUT2D eigenvalue weighted by molar-refractivity contribution is 0.0480. The topological polar surface area (TPSA) is 82.0 Å². The first-order chi connectivity index (χ1) is 15.6. The molecule has 0 saturated heterocycles. The van der Waals surface area contributed by atoms with Crippen LogP contribution in [-0.2, 0) is 5.66 Å². The van der Waals surface area contributed by atoms with Crippen molar-refractivity contribution in [3.63, 3.8) is 0 Å². The highest BCUT2D eigenvalue weighted by Crippen LogP contribution is 2.42. The molecule has 0 fully saturated rings. The van der Waals surface area contributed by atoms with E-state index in [1.54, 1.807) is 12.0 Å². The number of aliphatic hydroxyl groups is 2. The maximum atomic E-state index is 13.4. The van der Waals surface area contributed by atoms with E-state index in [1.807, 2.05) is 78.9 Å². The summed E-state index contributed by atoms with van der Waals surface area (Å²) in [6.45, 7) is 0.586. The van der Waals surface area contributed by atoms with Gasteiger partial charge in [0.1, 0.15) is 11.4 Å². The second-order valence-corrected chi connectivity index (χ2v) is 7.83. The molecule has 0 aliphatic carbocycles. The van der Waals surface area contributed by atoms with Crippen LogP contribution in [0.4, 0.5) is 0 Å². The maximum Gasteiger partial charge on any atom is 0.256 e. The molecule has 0 radical (unpaired) electrons. The van der Waals surface area contributed by atoms with Crippen LogP contribution in [0.5, 0.6) is 5.75 Å². The molecule has 166 valence electrons. The van der Waals surface area contributed by atoms with Crippen LogP contribution in [0.1, 0.15) is 39.6 Å². The molecular weight excluding hydrogens is 404 g/mol. The lowest BCUT2D eigenvalue weighted by Crippen LogP contribution is -2.56. The third kappa shape index (κ3) is 3.88. The van der Waals surface area contributed by atoms with Crippen LogP contribution in [0, 0.1) is 0 Å². The third-order valence-corrected chi connectivity index (χ3v) is 5.98. The number of ether oxygens (including phenoxy) is 1. The highest BCUT2D eigenvalue weighted by Gasteiger charge is 2.50. The van der Waals surface area contributed by atoms with E-state index in [2.05, 4.69) is 5.32 Å². The summed E-state index contributed by atoms with van der Waals surface area (Å²) < 4.78 is 5.20. The Morgan fingerprint density at radius 1 is 1.00 bits per heavy atom. The van der Waals surface area contributed by atoms with Crippen molar-refractivity contribution in [2.24, 2.45) is 0 Å². The van der Waals surface area contributed by atoms with Crippen molar-refractivity contribution < 1.29 is 19.7 Å². The Bertz CT molecular complexity index is 1050. The molecule has 0 aromatic heterocycles. The molecule has 4 rings (SSSR count). The number of aliphatic hydroxyl groups excluding tert-OH is 2. The van der Waals surface area contributed by atoms with Gasteiger partial charge in [-0.2, -0.15) is 0 Å². The molecule has 1 heterocycles. The van der Waals surface area contributed by atoms with Gasteiger partial charge in [0.05, 0.1) is 13.2 Å². The van der Waals surface area contributed by atoms with Crippen molar-refractivity contribution in [1.82, 2.24) is 10.2 Å². The molecule has 6 heteroatoms. The highest BCUT2D eigenvalue weighted by molar-refractivity contribution is 6.00. The van der Waals surface area contributed by atoms with Crippen molar-refractivity contribution in [1.29, 1.82) is 0 Å². The van der Waals surface area contributed by atoms with E-state index < -0.39 is 11.8 Å². The summed E-state index contributed by atoms with van der Waals surface area (Å²) in [6.07, 6.45) is -0.333. The average molecular weight is 433 g/mol. The number of hydrogen-bond donors (Lipinski definition) is 3. The zero-order valence-corrected chi connectivity index (χ0v) is 18.1. The fourth-order valence-corrected chi connectivity index (χ4v) is 4.40. The summed E-state index contributed by atoms with van der Waals surface area (Å²) in [5.74, 6) is 0.629. The zero-order valence-electron chi connectivity index (χ0n) is 18.1. The van der Waals surface area contributed by atoms with E-state index in [9.17, 15) is 15.0 Å². The van der Waals surface area contributed by atoms with E-state index in [0.29, 0.717) is 18.5 Å². The normalized spacial score (nSPS) is 18.5. The average Bonchev–Trinajstić information content (AvgIpc) is 3.10. The molecule has 0 saturated carbocycles. The summed E-state index contributed by atoms with van der Waals surface area (Å²) in [5, 5.41) is 23.9. The number of hydrogen-bond acceptors (Lipinski definition) is 5. The molecule has 32 heavy (non-hydrogen) atoms. The van der Waals surface area contributed by atoms with Crippen LogP contribution in [0.15, 0.2) is 78.9 Å². The van der Waals surface area contributed by atoms with Crippen molar-refractivity contribution in [3.8, 4) is 5.75 Å². The Morgan fingerprint density at radius 2 is 1.69 bits per heavy atom. The number of carbonyl (C=O) groups is 1. The number of benzene rings is 3. The Labute approximate surface area is 188 Å². The largest absolute Gasteiger partial charge is 0.497 e. The minimum absolute atomic E-state index is 0.0144. The molecule has 0 bridgehead atoms. The van der Waals surface area contributed by atoms with Gasteiger partial charge >= 0.3 is 0 Å². The number of nitrogens with zero attached hydrogens (tertiary/aromatic N) is 1. The number of amides is 1. The molecule has 0 spiro atoms. The van der Waals surface area contributed by atoms with Crippen LogP contribution < -0.4 is 10.1 Å². The molecule has 2 atom stereocenters. The van der Waals surface area contributed by atoms with E-state index >= 15 is 0 Å². The van der Waals surface area contributed by atoms with Gasteiger partial charge in [-0.15, -0.1) is 0 Å². The number of methoxy groups -OCH3 is 1. The monoisotopic (exact) mass is 432 g/mol. The summed E-state index contributed by atoms with van der Waals surface area (Å²) in [6, 6.07) is 24.6. The molecule has 6 nitrogen and oxygen atoms in total. The lowest BCUT2D eigenvalue weighted by Gasteiger charge is -2.41. The molecule has 1 aliphatic rings. The number of nitrogens with one attached hydrogen (secondary N) is 1. The van der Waals surface area contributed by atoms with Gasteiger partial charge < -0.3 is 19.8 Å². The zero-order chi connectivity index (χ0) is 22.6. The van der Waals surface area contributed by atoms with E-state index in [1.165, 1.54) is 0 Å². The third-order valence-electron chi connectivity index (χ3n) is 5.98. The minimum Gasteiger partial charge on any atom is -0.497 e. The van der Waals surface area contributed by atoms with Crippen molar-refractivity contribution in [3.05, 3.63) is 101 Å². The van der Waals surface area contributed by atoms with Crippen molar-refractivity contribution >= 4 is 5.91 Å². The van der Waals surface area contributed by atoms with Crippen LogP contribution in [-0.4, -0.2) is 47.8 Å². The molecular formula is C26H28N2O4. The van der Waals surface area contributed by atoms with Gasteiger partial charge in [-0.1, -0.05) is 60.7 Å². The van der Waals surface area contributed by atoms with Crippen LogP contribution >= 0.6 is 0 Å². The van der Waals surface area contributed by atoms with Crippen LogP contribution in [0.25, 0.3) is 0 Å². The molecule has 1 amide bonds. The number of carbonyl (C=O) groups excluding carboxylic acids is 1. The summed E-state index contributed by atoms with van der Waals surface area (Å²) in [5.41, 5.74) is 2.17. The van der Waals surface area contributed by atoms with Gasteiger partial charge in [-0.05, 0) is 35.7 Å². The van der Waals surface area contributed by atoms with Gasteiger partial charge in [0, 0.05) is 30.8 Å². The highest BCUT2D eigenvalue weighted by atomic mass is 16.5. The van der Waals surface area contributed by atoms with Gasteiger partial charge in [-0.25, -0.2) is 0 Å². The Morgan fingerprint density at radius 3 is 2.38 bits per heavy atom. The molecule has 3 aromatic rings. The Balaban J connectivity index is 1.74. The first-order valence-corrected chi connectivity index (χ1v) is 10.8. The molecule has 3 N–H and O–H groups in total. The van der Waals surface area contributed by atoms with Gasteiger partial charge in [0.15, 0.2) is 0 Å². The van der Waals surface area contributed by atoms with E-state index in [-0.39, 0.29) is 19.1 Å². The number of rotatable bonds is 9. The summed E-state index contributed by atoms with van der Waals surface area (Å²) >= 11 is 0. The Kier molecular flexibility index (Phi) is 6.55. The molecule has 3 aromatic carbocycles. The fourth-order valence-electron chi connectivity index (χ4n) is 4.40. The molecule has 1 unspecified atom stereocenters. The first kappa shape index (κ1) is 22.0. The second kappa shape index (κ2) is 9.53. The second-order valence-electron chi connectivity index (χ2n) is 7.83. The Hall–Kier alpha value is -3.19. The lowest BCUT2D eigenvalue weighted by atomic mass is 9.90. The smallest absolute Gasteiger partial charge is 0.256 e. The molecule has 1 aliphatic heterocycles. The van der Waals surface area contributed by atoms with Crippen molar-refractivity contribution in [2.45, 2.75) is 18.2 Å². The van der Waals surface area contributed by atoms with E-state index in [4.69, 9.17) is 4.74 Å². The van der Waals surface area contributed by atoms with E-state index in [0.717, 1.165) is 22.4 Å². The fraction of sp³-hybridized carbons (Fsp3) is 0.269. The van der Waals surface area contributed by atoms with Gasteiger partial charge in [-0.3, -0.25) is 10.1 Å². The SMILES string of the molecule is COc1ccc([C@H](O)CNC2(c3ccccc3)c3ccccc3C(=O)N2CCCO)cc1. The first-order valence-electron chi connectivity index (χ1n) is 10.8. The summed E-state index contributed by atoms with van der Waals surface area (Å²) in [4.78, 5) is 15.2.